The van der Waals surface area contributed by atoms with Gasteiger partial charge in [0.1, 0.15) is 17.6 Å². The molecule has 0 aromatic heterocycles. The Labute approximate surface area is 118 Å². The van der Waals surface area contributed by atoms with E-state index in [0.29, 0.717) is 18.1 Å². The van der Waals surface area contributed by atoms with E-state index in [1.807, 2.05) is 6.92 Å². The average molecular weight is 280 g/mol. The van der Waals surface area contributed by atoms with Crippen molar-refractivity contribution in [3.05, 3.63) is 28.3 Å². The van der Waals surface area contributed by atoms with E-state index in [1.165, 1.54) is 12.1 Å². The van der Waals surface area contributed by atoms with Gasteiger partial charge in [0, 0.05) is 12.1 Å². The average Bonchev–Trinajstić information content (AvgIpc) is 2.81. The smallest absolute Gasteiger partial charge is 0.276 e. The number of nitro benzene ring substituents is 1. The first-order chi connectivity index (χ1) is 9.60. The molecule has 1 aromatic rings. The summed E-state index contributed by atoms with van der Waals surface area (Å²) in [5.74, 6) is 0.912. The monoisotopic (exact) mass is 280 g/mol. The summed E-state index contributed by atoms with van der Waals surface area (Å²) < 4.78 is 11.3. The van der Waals surface area contributed by atoms with Crippen LogP contribution in [0.3, 0.4) is 0 Å². The zero-order valence-corrected chi connectivity index (χ0v) is 11.6. The number of nitrogens with zero attached hydrogens (tertiary/aromatic N) is 1. The standard InChI is InChI=1S/C14H20N2O4/c1-2-6-19-11-7-10(16(17)18)8-12(9-11)20-14-5-3-4-13(14)15/h7-9,13-14H,2-6,15H2,1H3. The molecule has 2 atom stereocenters. The van der Waals surface area contributed by atoms with Crippen molar-refractivity contribution < 1.29 is 14.4 Å². The second kappa shape index (κ2) is 6.56. The van der Waals surface area contributed by atoms with Crippen LogP contribution in [0.1, 0.15) is 32.6 Å². The molecule has 1 fully saturated rings. The normalized spacial score (nSPS) is 21.7. The third kappa shape index (κ3) is 3.60. The molecule has 20 heavy (non-hydrogen) atoms. The number of hydrogen-bond acceptors (Lipinski definition) is 5. The maximum atomic E-state index is 11.0. The van der Waals surface area contributed by atoms with Crippen LogP contribution in [0.15, 0.2) is 18.2 Å². The Bertz CT molecular complexity index is 478. The lowest BCUT2D eigenvalue weighted by atomic mass is 10.2. The third-order valence-corrected chi connectivity index (χ3v) is 3.34. The summed E-state index contributed by atoms with van der Waals surface area (Å²) in [7, 11) is 0. The van der Waals surface area contributed by atoms with E-state index in [0.717, 1.165) is 25.7 Å². The molecule has 2 unspecified atom stereocenters. The van der Waals surface area contributed by atoms with Crippen molar-refractivity contribution >= 4 is 5.69 Å². The maximum Gasteiger partial charge on any atom is 0.276 e. The van der Waals surface area contributed by atoms with Crippen LogP contribution >= 0.6 is 0 Å². The fraction of sp³-hybridized carbons (Fsp3) is 0.571. The van der Waals surface area contributed by atoms with E-state index in [1.54, 1.807) is 6.07 Å². The molecule has 0 spiro atoms. The Morgan fingerprint density at radius 2 is 2.10 bits per heavy atom. The highest BCUT2D eigenvalue weighted by molar-refractivity contribution is 5.46. The van der Waals surface area contributed by atoms with Crippen LogP contribution in [0.2, 0.25) is 0 Å². The van der Waals surface area contributed by atoms with E-state index < -0.39 is 4.92 Å². The summed E-state index contributed by atoms with van der Waals surface area (Å²) in [6, 6.07) is 4.52. The lowest BCUT2D eigenvalue weighted by molar-refractivity contribution is -0.385. The van der Waals surface area contributed by atoms with Crippen molar-refractivity contribution in [1.29, 1.82) is 0 Å². The van der Waals surface area contributed by atoms with Gasteiger partial charge in [-0.15, -0.1) is 0 Å². The Hall–Kier alpha value is -1.82. The number of rotatable bonds is 6. The second-order valence-electron chi connectivity index (χ2n) is 5.02. The number of ether oxygens (including phenoxy) is 2. The zero-order chi connectivity index (χ0) is 14.5. The van der Waals surface area contributed by atoms with E-state index in [2.05, 4.69) is 0 Å². The van der Waals surface area contributed by atoms with Crippen molar-refractivity contribution in [3.8, 4) is 11.5 Å². The number of non-ortho nitro benzene ring substituents is 1. The van der Waals surface area contributed by atoms with Crippen molar-refractivity contribution in [2.24, 2.45) is 5.73 Å². The summed E-state index contributed by atoms with van der Waals surface area (Å²) >= 11 is 0. The molecule has 0 aliphatic heterocycles. The Balaban J connectivity index is 2.17. The minimum atomic E-state index is -0.444. The van der Waals surface area contributed by atoms with Crippen LogP contribution in [0.4, 0.5) is 5.69 Å². The molecular formula is C14H20N2O4. The molecule has 1 aliphatic carbocycles. The fourth-order valence-electron chi connectivity index (χ4n) is 2.31. The van der Waals surface area contributed by atoms with Gasteiger partial charge in [0.25, 0.3) is 5.69 Å². The van der Waals surface area contributed by atoms with Crippen LogP contribution in [-0.2, 0) is 0 Å². The molecule has 2 N–H and O–H groups in total. The minimum Gasteiger partial charge on any atom is -0.493 e. The summed E-state index contributed by atoms with van der Waals surface area (Å²) in [5, 5.41) is 11.0. The van der Waals surface area contributed by atoms with Crippen molar-refractivity contribution in [3.63, 3.8) is 0 Å². The molecule has 1 saturated carbocycles. The fourth-order valence-corrected chi connectivity index (χ4v) is 2.31. The summed E-state index contributed by atoms with van der Waals surface area (Å²) in [5.41, 5.74) is 5.93. The van der Waals surface area contributed by atoms with Crippen LogP contribution in [0.25, 0.3) is 0 Å². The van der Waals surface area contributed by atoms with E-state index >= 15 is 0 Å². The van der Waals surface area contributed by atoms with Crippen LogP contribution in [0, 0.1) is 10.1 Å². The summed E-state index contributed by atoms with van der Waals surface area (Å²) in [6.07, 6.45) is 3.61. The van der Waals surface area contributed by atoms with Gasteiger partial charge in [-0.05, 0) is 25.7 Å². The summed E-state index contributed by atoms with van der Waals surface area (Å²) in [6.45, 7) is 2.50. The highest BCUT2D eigenvalue weighted by atomic mass is 16.6. The van der Waals surface area contributed by atoms with Gasteiger partial charge in [0.05, 0.1) is 23.7 Å². The van der Waals surface area contributed by atoms with E-state index in [-0.39, 0.29) is 17.8 Å². The maximum absolute atomic E-state index is 11.0. The van der Waals surface area contributed by atoms with Gasteiger partial charge in [-0.3, -0.25) is 10.1 Å². The largest absolute Gasteiger partial charge is 0.493 e. The molecule has 110 valence electrons. The predicted octanol–water partition coefficient (Wildman–Crippen LogP) is 2.64. The lowest BCUT2D eigenvalue weighted by Gasteiger charge is -2.18. The molecule has 2 rings (SSSR count). The Kier molecular flexibility index (Phi) is 4.79. The van der Waals surface area contributed by atoms with Gasteiger partial charge in [-0.1, -0.05) is 6.92 Å². The molecule has 0 radical (unpaired) electrons. The van der Waals surface area contributed by atoms with Gasteiger partial charge < -0.3 is 15.2 Å². The SMILES string of the molecule is CCCOc1cc(OC2CCCC2N)cc([N+](=O)[O-])c1. The third-order valence-electron chi connectivity index (χ3n) is 3.34. The van der Waals surface area contributed by atoms with Crippen LogP contribution < -0.4 is 15.2 Å². The molecule has 6 heteroatoms. The van der Waals surface area contributed by atoms with Crippen LogP contribution in [-0.4, -0.2) is 23.7 Å². The number of nitro groups is 1. The quantitative estimate of drug-likeness (QED) is 0.639. The number of benzene rings is 1. The van der Waals surface area contributed by atoms with Crippen molar-refractivity contribution in [1.82, 2.24) is 0 Å². The minimum absolute atomic E-state index is 0.00530. The molecule has 1 aromatic carbocycles. The molecule has 0 amide bonds. The van der Waals surface area contributed by atoms with E-state index in [4.69, 9.17) is 15.2 Å². The van der Waals surface area contributed by atoms with Gasteiger partial charge in [0.15, 0.2) is 0 Å². The van der Waals surface area contributed by atoms with Gasteiger partial charge in [0.2, 0.25) is 0 Å². The van der Waals surface area contributed by atoms with Gasteiger partial charge >= 0.3 is 0 Å². The van der Waals surface area contributed by atoms with Gasteiger partial charge in [-0.2, -0.15) is 0 Å². The molecular weight excluding hydrogens is 260 g/mol. The first-order valence-electron chi connectivity index (χ1n) is 6.94. The topological polar surface area (TPSA) is 87.6 Å². The van der Waals surface area contributed by atoms with Crippen LogP contribution in [0.5, 0.6) is 11.5 Å². The second-order valence-corrected chi connectivity index (χ2v) is 5.02. The Morgan fingerprint density at radius 1 is 1.35 bits per heavy atom. The molecule has 1 aliphatic rings. The molecule has 0 heterocycles. The highest BCUT2D eigenvalue weighted by Crippen LogP contribution is 2.30. The molecule has 0 bridgehead atoms. The number of hydrogen-bond donors (Lipinski definition) is 1. The lowest BCUT2D eigenvalue weighted by Crippen LogP contribution is -2.33. The van der Waals surface area contributed by atoms with Crippen molar-refractivity contribution in [2.75, 3.05) is 6.61 Å². The van der Waals surface area contributed by atoms with Gasteiger partial charge in [-0.25, -0.2) is 0 Å². The molecule has 6 nitrogen and oxygen atoms in total. The zero-order valence-electron chi connectivity index (χ0n) is 11.6. The van der Waals surface area contributed by atoms with E-state index in [9.17, 15) is 10.1 Å². The Morgan fingerprint density at radius 3 is 2.70 bits per heavy atom. The first-order valence-corrected chi connectivity index (χ1v) is 6.94. The van der Waals surface area contributed by atoms with Crippen molar-refractivity contribution in [2.45, 2.75) is 44.8 Å². The summed E-state index contributed by atoms with van der Waals surface area (Å²) in [4.78, 5) is 10.5. The predicted molar refractivity (Wildman–Crippen MR) is 75.1 cm³/mol. The highest BCUT2D eigenvalue weighted by Gasteiger charge is 2.26. The first kappa shape index (κ1) is 14.6. The molecule has 0 saturated heterocycles. The number of nitrogens with two attached hydrogens (primary N) is 1.